The maximum Gasteiger partial charge on any atom is 0.254 e. The molecule has 1 aromatic carbocycles. The largest absolute Gasteiger partial charge is 0.329 e. The van der Waals surface area contributed by atoms with Crippen molar-refractivity contribution >= 4 is 5.91 Å². The number of nitrogens with zero attached hydrogens (tertiary/aromatic N) is 9. The molecule has 0 spiro atoms. The summed E-state index contributed by atoms with van der Waals surface area (Å²) >= 11 is 0. The Morgan fingerprint density at radius 1 is 1.10 bits per heavy atom. The van der Waals surface area contributed by atoms with Gasteiger partial charge in [0.2, 0.25) is 0 Å². The van der Waals surface area contributed by atoms with E-state index in [1.165, 1.54) is 6.33 Å². The van der Waals surface area contributed by atoms with Crippen molar-refractivity contribution in [2.24, 2.45) is 0 Å². The quantitative estimate of drug-likeness (QED) is 0.525. The summed E-state index contributed by atoms with van der Waals surface area (Å²) < 4.78 is 3.60. The van der Waals surface area contributed by atoms with Gasteiger partial charge in [0, 0.05) is 18.3 Å². The third-order valence-electron chi connectivity index (χ3n) is 4.93. The Hall–Kier alpha value is -3.95. The fraction of sp³-hybridized carbons (Fsp3) is 0.211. The minimum Gasteiger partial charge on any atom is -0.329 e. The molecule has 1 aliphatic heterocycles. The molecule has 1 atom stereocenters. The second kappa shape index (κ2) is 6.89. The third-order valence-corrected chi connectivity index (χ3v) is 4.93. The number of carbonyl (C=O) groups excluding carboxylic acids is 1. The number of amides is 1. The molecule has 0 fully saturated rings. The van der Waals surface area contributed by atoms with E-state index >= 15 is 0 Å². The number of carbonyl (C=O) groups is 1. The Balaban J connectivity index is 1.39. The highest BCUT2D eigenvalue weighted by Crippen LogP contribution is 2.27. The van der Waals surface area contributed by atoms with Gasteiger partial charge in [-0.15, -0.1) is 15.3 Å². The molecule has 10 nitrogen and oxygen atoms in total. The molecule has 1 aliphatic rings. The lowest BCUT2D eigenvalue weighted by molar-refractivity contribution is 0.0682. The molecule has 0 aliphatic carbocycles. The van der Waals surface area contributed by atoms with E-state index in [1.807, 2.05) is 30.3 Å². The molecule has 10 heteroatoms. The van der Waals surface area contributed by atoms with Gasteiger partial charge < -0.3 is 9.47 Å². The Kier molecular flexibility index (Phi) is 4.08. The van der Waals surface area contributed by atoms with Crippen LogP contribution >= 0.6 is 0 Å². The zero-order chi connectivity index (χ0) is 19.8. The fourth-order valence-electron chi connectivity index (χ4n) is 3.57. The molecule has 3 aromatic heterocycles. The number of tetrazole rings is 1. The van der Waals surface area contributed by atoms with Crippen LogP contribution in [0.4, 0.5) is 0 Å². The number of pyridine rings is 1. The van der Waals surface area contributed by atoms with Gasteiger partial charge in [-0.1, -0.05) is 6.07 Å². The zero-order valence-electron chi connectivity index (χ0n) is 15.6. The molecule has 144 valence electrons. The predicted octanol–water partition coefficient (Wildman–Crippen LogP) is 1.53. The molecular formula is C19H17N9O. The van der Waals surface area contributed by atoms with Crippen molar-refractivity contribution in [3.63, 3.8) is 0 Å². The third kappa shape index (κ3) is 3.04. The Labute approximate surface area is 165 Å². The highest BCUT2D eigenvalue weighted by atomic mass is 16.2. The van der Waals surface area contributed by atoms with Crippen LogP contribution < -0.4 is 0 Å². The molecule has 0 unspecified atom stereocenters. The summed E-state index contributed by atoms with van der Waals surface area (Å²) in [6.07, 6.45) is 3.24. The Morgan fingerprint density at radius 2 is 1.97 bits per heavy atom. The van der Waals surface area contributed by atoms with Crippen LogP contribution in [0, 0.1) is 0 Å². The lowest BCUT2D eigenvalue weighted by Crippen LogP contribution is -2.40. The average Bonchev–Trinajstić information content (AvgIpc) is 3.44. The van der Waals surface area contributed by atoms with Gasteiger partial charge in [0.1, 0.15) is 12.0 Å². The fourth-order valence-corrected chi connectivity index (χ4v) is 3.57. The number of rotatable bonds is 3. The van der Waals surface area contributed by atoms with E-state index in [-0.39, 0.29) is 11.9 Å². The maximum absolute atomic E-state index is 13.0. The second-order valence-electron chi connectivity index (χ2n) is 6.86. The summed E-state index contributed by atoms with van der Waals surface area (Å²) in [4.78, 5) is 19.2. The highest BCUT2D eigenvalue weighted by Gasteiger charge is 2.30. The summed E-state index contributed by atoms with van der Waals surface area (Å²) in [7, 11) is 0. The molecule has 0 bridgehead atoms. The number of benzene rings is 1. The number of fused-ring (bicyclic) bond motifs is 1. The van der Waals surface area contributed by atoms with Gasteiger partial charge >= 0.3 is 0 Å². The summed E-state index contributed by atoms with van der Waals surface area (Å²) in [5, 5.41) is 19.7. The molecule has 0 saturated carbocycles. The van der Waals surface area contributed by atoms with Crippen molar-refractivity contribution in [3.8, 4) is 17.2 Å². The lowest BCUT2D eigenvalue weighted by Gasteiger charge is -2.32. The van der Waals surface area contributed by atoms with Crippen LogP contribution in [0.3, 0.4) is 0 Å². The molecule has 0 saturated heterocycles. The Bertz CT molecular complexity index is 1140. The first kappa shape index (κ1) is 17.2. The molecule has 0 radical (unpaired) electrons. The SMILES string of the molecule is C[C@H]1CN(C(=O)c2ccc(-n3cnnn3)cc2)Cc2nnc(-c3ccccn3)n21. The van der Waals surface area contributed by atoms with Crippen molar-refractivity contribution < 1.29 is 4.79 Å². The lowest BCUT2D eigenvalue weighted by atomic mass is 10.1. The minimum atomic E-state index is -0.0475. The summed E-state index contributed by atoms with van der Waals surface area (Å²) in [6.45, 7) is 3.02. The van der Waals surface area contributed by atoms with Crippen molar-refractivity contribution in [3.05, 3.63) is 66.4 Å². The van der Waals surface area contributed by atoms with E-state index in [1.54, 1.807) is 27.9 Å². The minimum absolute atomic E-state index is 0.0372. The van der Waals surface area contributed by atoms with Gasteiger partial charge in [-0.05, 0) is 53.7 Å². The first-order valence-electron chi connectivity index (χ1n) is 9.18. The van der Waals surface area contributed by atoms with E-state index in [2.05, 4.69) is 42.2 Å². The molecule has 29 heavy (non-hydrogen) atoms. The Morgan fingerprint density at radius 3 is 2.69 bits per heavy atom. The smallest absolute Gasteiger partial charge is 0.254 e. The van der Waals surface area contributed by atoms with Crippen molar-refractivity contribution in [2.75, 3.05) is 6.54 Å². The number of hydrogen-bond donors (Lipinski definition) is 0. The van der Waals surface area contributed by atoms with Gasteiger partial charge in [0.25, 0.3) is 5.91 Å². The summed E-state index contributed by atoms with van der Waals surface area (Å²) in [5.41, 5.74) is 2.17. The topological polar surface area (TPSA) is 108 Å². The molecule has 5 rings (SSSR count). The highest BCUT2D eigenvalue weighted by molar-refractivity contribution is 5.94. The van der Waals surface area contributed by atoms with Crippen LogP contribution in [0.2, 0.25) is 0 Å². The van der Waals surface area contributed by atoms with Crippen LogP contribution in [0.25, 0.3) is 17.2 Å². The summed E-state index contributed by atoms with van der Waals surface area (Å²) in [5.74, 6) is 1.43. The monoisotopic (exact) mass is 387 g/mol. The maximum atomic E-state index is 13.0. The number of hydrogen-bond acceptors (Lipinski definition) is 7. The average molecular weight is 387 g/mol. The standard InChI is InChI=1S/C19H17N9O/c1-13-10-26(11-17-22-23-18(28(13)17)16-4-2-3-9-20-16)19(29)14-5-7-15(8-6-14)27-12-21-24-25-27/h2-9,12-13H,10-11H2,1H3/t13-/m0/s1. The van der Waals surface area contributed by atoms with Crippen LogP contribution in [0.1, 0.15) is 29.1 Å². The van der Waals surface area contributed by atoms with Gasteiger partial charge in [-0.3, -0.25) is 9.78 Å². The van der Waals surface area contributed by atoms with Crippen LogP contribution in [0.15, 0.2) is 55.0 Å². The van der Waals surface area contributed by atoms with Crippen molar-refractivity contribution in [2.45, 2.75) is 19.5 Å². The zero-order valence-corrected chi connectivity index (χ0v) is 15.6. The van der Waals surface area contributed by atoms with Crippen molar-refractivity contribution in [1.29, 1.82) is 0 Å². The second-order valence-corrected chi connectivity index (χ2v) is 6.86. The van der Waals surface area contributed by atoms with E-state index in [0.29, 0.717) is 18.7 Å². The number of aromatic nitrogens is 8. The van der Waals surface area contributed by atoms with Gasteiger partial charge in [0.05, 0.1) is 18.3 Å². The van der Waals surface area contributed by atoms with Crippen molar-refractivity contribution in [1.82, 2.24) is 44.9 Å². The molecular weight excluding hydrogens is 370 g/mol. The van der Waals surface area contributed by atoms with Gasteiger partial charge in [-0.2, -0.15) is 0 Å². The van der Waals surface area contributed by atoms with E-state index in [4.69, 9.17) is 0 Å². The van der Waals surface area contributed by atoms with E-state index < -0.39 is 0 Å². The van der Waals surface area contributed by atoms with Gasteiger partial charge in [-0.25, -0.2) is 4.68 Å². The molecule has 0 N–H and O–H groups in total. The summed E-state index contributed by atoms with van der Waals surface area (Å²) in [6, 6.07) is 12.9. The normalized spacial score (nSPS) is 15.9. The van der Waals surface area contributed by atoms with Crippen LogP contribution in [-0.2, 0) is 6.54 Å². The van der Waals surface area contributed by atoms with Gasteiger partial charge in [0.15, 0.2) is 11.6 Å². The van der Waals surface area contributed by atoms with E-state index in [9.17, 15) is 4.79 Å². The first-order valence-corrected chi connectivity index (χ1v) is 9.18. The van der Waals surface area contributed by atoms with Crippen LogP contribution in [0.5, 0.6) is 0 Å². The first-order chi connectivity index (χ1) is 14.2. The van der Waals surface area contributed by atoms with Crippen LogP contribution in [-0.4, -0.2) is 57.3 Å². The predicted molar refractivity (Wildman–Crippen MR) is 102 cm³/mol. The molecule has 4 aromatic rings. The molecule has 1 amide bonds. The van der Waals surface area contributed by atoms with E-state index in [0.717, 1.165) is 23.0 Å². The molecule has 4 heterocycles.